The molecule has 0 radical (unpaired) electrons. The highest BCUT2D eigenvalue weighted by Crippen LogP contribution is 2.34. The number of sulfone groups is 1. The molecule has 0 atom stereocenters. The summed E-state index contributed by atoms with van der Waals surface area (Å²) in [6.07, 6.45) is 1.59. The molecule has 0 aromatic heterocycles. The van der Waals surface area contributed by atoms with Gasteiger partial charge in [-0.15, -0.1) is 0 Å². The van der Waals surface area contributed by atoms with Crippen molar-refractivity contribution >= 4 is 21.4 Å². The summed E-state index contributed by atoms with van der Waals surface area (Å²) in [7, 11) is -3.06. The largest absolute Gasteiger partial charge is 0.223 e. The molecule has 4 heteroatoms. The minimum absolute atomic E-state index is 0.150. The fraction of sp³-hybridized carbons (Fsp3) is 0.400. The number of hydrogen-bond donors (Lipinski definition) is 0. The molecule has 0 heterocycles. The second-order valence-electron chi connectivity index (χ2n) is 3.66. The Morgan fingerprint density at radius 2 is 2.00 bits per heavy atom. The van der Waals surface area contributed by atoms with Crippen molar-refractivity contribution in [2.24, 2.45) is 0 Å². The van der Waals surface area contributed by atoms with Crippen LogP contribution in [-0.4, -0.2) is 13.7 Å². The Bertz CT molecular complexity index is 461. The smallest absolute Gasteiger partial charge is 0.181 e. The summed E-state index contributed by atoms with van der Waals surface area (Å²) in [5.74, 6) is 0. The Balaban J connectivity index is 2.46. The van der Waals surface area contributed by atoms with Crippen LogP contribution in [0.5, 0.6) is 0 Å². The molecular formula is C10H11ClO2S. The summed E-state index contributed by atoms with van der Waals surface area (Å²) in [6.45, 7) is 1.81. The first-order valence-electron chi connectivity index (χ1n) is 4.52. The van der Waals surface area contributed by atoms with Crippen LogP contribution >= 0.6 is 11.6 Å². The van der Waals surface area contributed by atoms with Gasteiger partial charge in [0, 0.05) is 5.02 Å². The summed E-state index contributed by atoms with van der Waals surface area (Å²) in [6, 6.07) is 4.88. The molecule has 0 aliphatic heterocycles. The lowest BCUT2D eigenvalue weighted by Crippen LogP contribution is -2.07. The molecule has 0 saturated heterocycles. The van der Waals surface area contributed by atoms with E-state index in [0.29, 0.717) is 9.92 Å². The van der Waals surface area contributed by atoms with Gasteiger partial charge in [0.05, 0.1) is 10.1 Å². The predicted octanol–water partition coefficient (Wildman–Crippen LogP) is 2.58. The van der Waals surface area contributed by atoms with Crippen molar-refractivity contribution < 1.29 is 8.42 Å². The lowest BCUT2D eigenvalue weighted by molar-refractivity contribution is 0.594. The summed E-state index contributed by atoms with van der Waals surface area (Å²) >= 11 is 5.83. The van der Waals surface area contributed by atoms with Gasteiger partial charge in [-0.1, -0.05) is 11.6 Å². The third-order valence-electron chi connectivity index (χ3n) is 2.42. The van der Waals surface area contributed by atoms with Gasteiger partial charge in [-0.05, 0) is 43.5 Å². The van der Waals surface area contributed by atoms with Crippen LogP contribution in [0, 0.1) is 6.92 Å². The maximum Gasteiger partial charge on any atom is 0.181 e. The molecule has 0 unspecified atom stereocenters. The molecule has 0 amide bonds. The molecule has 0 bridgehead atoms. The van der Waals surface area contributed by atoms with Crippen LogP contribution in [0.1, 0.15) is 18.4 Å². The molecule has 1 aliphatic rings. The first kappa shape index (κ1) is 9.99. The molecule has 1 aromatic carbocycles. The van der Waals surface area contributed by atoms with Crippen LogP contribution in [-0.2, 0) is 9.84 Å². The Morgan fingerprint density at radius 3 is 2.50 bits per heavy atom. The lowest BCUT2D eigenvalue weighted by atomic mass is 10.2. The van der Waals surface area contributed by atoms with Crippen LogP contribution in [0.4, 0.5) is 0 Å². The topological polar surface area (TPSA) is 34.1 Å². The molecule has 1 saturated carbocycles. The summed E-state index contributed by atoms with van der Waals surface area (Å²) < 4.78 is 23.6. The molecule has 1 aliphatic carbocycles. The van der Waals surface area contributed by atoms with Gasteiger partial charge in [-0.2, -0.15) is 0 Å². The Kier molecular flexibility index (Phi) is 2.32. The molecule has 2 rings (SSSR count). The van der Waals surface area contributed by atoms with Gasteiger partial charge < -0.3 is 0 Å². The molecule has 0 spiro atoms. The van der Waals surface area contributed by atoms with Gasteiger partial charge in [0.15, 0.2) is 9.84 Å². The van der Waals surface area contributed by atoms with E-state index in [1.54, 1.807) is 18.2 Å². The highest BCUT2D eigenvalue weighted by molar-refractivity contribution is 7.92. The van der Waals surface area contributed by atoms with Crippen LogP contribution in [0.2, 0.25) is 5.02 Å². The first-order valence-corrected chi connectivity index (χ1v) is 6.44. The molecule has 1 fully saturated rings. The Labute approximate surface area is 88.8 Å². The van der Waals surface area contributed by atoms with E-state index in [9.17, 15) is 8.42 Å². The number of hydrogen-bond acceptors (Lipinski definition) is 2. The van der Waals surface area contributed by atoms with Crippen molar-refractivity contribution in [2.45, 2.75) is 29.9 Å². The Morgan fingerprint density at radius 1 is 1.36 bits per heavy atom. The number of aryl methyl sites for hydroxylation is 1. The van der Waals surface area contributed by atoms with Crippen molar-refractivity contribution in [3.8, 4) is 0 Å². The molecular weight excluding hydrogens is 220 g/mol. The highest BCUT2D eigenvalue weighted by atomic mass is 35.5. The first-order chi connectivity index (χ1) is 6.51. The Hall–Kier alpha value is -0.540. The predicted molar refractivity (Wildman–Crippen MR) is 56.4 cm³/mol. The van der Waals surface area contributed by atoms with Gasteiger partial charge in [0.2, 0.25) is 0 Å². The SMILES string of the molecule is Cc1cc(S(=O)(=O)C2CC2)ccc1Cl. The summed E-state index contributed by atoms with van der Waals surface area (Å²) in [4.78, 5) is 0.405. The molecule has 2 nitrogen and oxygen atoms in total. The standard InChI is InChI=1S/C10H11ClO2S/c1-7-6-9(4-5-10(7)11)14(12,13)8-2-3-8/h4-6,8H,2-3H2,1H3. The number of halogens is 1. The van der Waals surface area contributed by atoms with Gasteiger partial charge in [0.1, 0.15) is 0 Å². The van der Waals surface area contributed by atoms with E-state index in [0.717, 1.165) is 18.4 Å². The van der Waals surface area contributed by atoms with Crippen LogP contribution < -0.4 is 0 Å². The maximum absolute atomic E-state index is 11.8. The average molecular weight is 231 g/mol. The summed E-state index contributed by atoms with van der Waals surface area (Å²) in [5.41, 5.74) is 0.813. The third-order valence-corrected chi connectivity index (χ3v) is 5.11. The normalized spacial score (nSPS) is 17.0. The van der Waals surface area contributed by atoms with Crippen molar-refractivity contribution in [3.05, 3.63) is 28.8 Å². The van der Waals surface area contributed by atoms with Crippen molar-refractivity contribution in [1.82, 2.24) is 0 Å². The van der Waals surface area contributed by atoms with Crippen LogP contribution in [0.3, 0.4) is 0 Å². The van der Waals surface area contributed by atoms with E-state index in [-0.39, 0.29) is 5.25 Å². The van der Waals surface area contributed by atoms with Gasteiger partial charge in [-0.25, -0.2) is 8.42 Å². The molecule has 14 heavy (non-hydrogen) atoms. The zero-order chi connectivity index (χ0) is 10.3. The van der Waals surface area contributed by atoms with E-state index >= 15 is 0 Å². The van der Waals surface area contributed by atoms with Crippen LogP contribution in [0.15, 0.2) is 23.1 Å². The third kappa shape index (κ3) is 1.66. The van der Waals surface area contributed by atoms with E-state index in [1.807, 2.05) is 6.92 Å². The minimum atomic E-state index is -3.06. The van der Waals surface area contributed by atoms with Crippen molar-refractivity contribution in [3.63, 3.8) is 0 Å². The van der Waals surface area contributed by atoms with E-state index in [1.165, 1.54) is 0 Å². The molecule has 1 aromatic rings. The average Bonchev–Trinajstić information content (AvgIpc) is 2.92. The monoisotopic (exact) mass is 230 g/mol. The zero-order valence-corrected chi connectivity index (χ0v) is 9.40. The molecule has 76 valence electrons. The van der Waals surface area contributed by atoms with Crippen molar-refractivity contribution in [2.75, 3.05) is 0 Å². The fourth-order valence-corrected chi connectivity index (χ4v) is 3.22. The fourth-order valence-electron chi connectivity index (χ4n) is 1.36. The zero-order valence-electron chi connectivity index (χ0n) is 7.83. The summed E-state index contributed by atoms with van der Waals surface area (Å²) in [5, 5.41) is 0.461. The maximum atomic E-state index is 11.8. The highest BCUT2D eigenvalue weighted by Gasteiger charge is 2.36. The van der Waals surface area contributed by atoms with Crippen molar-refractivity contribution in [1.29, 1.82) is 0 Å². The van der Waals surface area contributed by atoms with Gasteiger partial charge in [0.25, 0.3) is 0 Å². The number of rotatable bonds is 2. The van der Waals surface area contributed by atoms with E-state index in [4.69, 9.17) is 11.6 Å². The molecule has 0 N–H and O–H groups in total. The van der Waals surface area contributed by atoms with Gasteiger partial charge in [-0.3, -0.25) is 0 Å². The second kappa shape index (κ2) is 3.24. The quantitative estimate of drug-likeness (QED) is 0.783. The van der Waals surface area contributed by atoms with Gasteiger partial charge >= 0.3 is 0 Å². The van der Waals surface area contributed by atoms with E-state index < -0.39 is 9.84 Å². The number of benzene rings is 1. The minimum Gasteiger partial charge on any atom is -0.223 e. The lowest BCUT2D eigenvalue weighted by Gasteiger charge is -2.04. The van der Waals surface area contributed by atoms with E-state index in [2.05, 4.69) is 0 Å². The van der Waals surface area contributed by atoms with Crippen LogP contribution in [0.25, 0.3) is 0 Å². The second-order valence-corrected chi connectivity index (χ2v) is 6.29.